The second kappa shape index (κ2) is 7.54. The third kappa shape index (κ3) is 4.07. The van der Waals surface area contributed by atoms with E-state index in [1.54, 1.807) is 0 Å². The van der Waals surface area contributed by atoms with Crippen LogP contribution in [-0.4, -0.2) is 54.3 Å². The fourth-order valence-electron chi connectivity index (χ4n) is 2.89. The lowest BCUT2D eigenvalue weighted by molar-refractivity contribution is -0.128. The number of nitrogens with one attached hydrogen (secondary N) is 1. The Balaban J connectivity index is 1.64. The Morgan fingerprint density at radius 3 is 2.70 bits per heavy atom. The topological polar surface area (TPSA) is 89.5 Å². The summed E-state index contributed by atoms with van der Waals surface area (Å²) in [4.78, 5) is 27.3. The molecule has 3 rings (SSSR count). The van der Waals surface area contributed by atoms with Crippen LogP contribution in [-0.2, 0) is 16.1 Å². The van der Waals surface area contributed by atoms with E-state index >= 15 is 0 Å². The summed E-state index contributed by atoms with van der Waals surface area (Å²) in [5, 5.41) is 2.92. The van der Waals surface area contributed by atoms with Gasteiger partial charge in [-0.05, 0) is 25.7 Å². The van der Waals surface area contributed by atoms with E-state index in [2.05, 4.69) is 25.2 Å². The van der Waals surface area contributed by atoms with E-state index in [4.69, 9.17) is 9.47 Å². The first-order valence-corrected chi connectivity index (χ1v) is 8.15. The Morgan fingerprint density at radius 2 is 2.00 bits per heavy atom. The highest BCUT2D eigenvalue weighted by Gasteiger charge is 2.22. The molecular weight excluding hydrogens is 298 g/mol. The molecule has 0 saturated carbocycles. The summed E-state index contributed by atoms with van der Waals surface area (Å²) in [6, 6.07) is 0.289. The molecule has 0 atom stereocenters. The van der Waals surface area contributed by atoms with E-state index in [1.807, 2.05) is 0 Å². The molecule has 0 aliphatic carbocycles. The van der Waals surface area contributed by atoms with Gasteiger partial charge in [-0.1, -0.05) is 0 Å². The number of hydrogen-bond donors (Lipinski definition) is 1. The van der Waals surface area contributed by atoms with Gasteiger partial charge in [0.05, 0.1) is 13.7 Å². The maximum absolute atomic E-state index is 12.2. The first-order chi connectivity index (χ1) is 11.3. The van der Waals surface area contributed by atoms with Gasteiger partial charge in [-0.2, -0.15) is 15.0 Å². The van der Waals surface area contributed by atoms with E-state index < -0.39 is 0 Å². The van der Waals surface area contributed by atoms with Crippen LogP contribution in [0.25, 0.3) is 0 Å². The summed E-state index contributed by atoms with van der Waals surface area (Å²) in [7, 11) is 1.54. The van der Waals surface area contributed by atoms with Gasteiger partial charge in [-0.25, -0.2) is 0 Å². The molecule has 2 saturated heterocycles. The molecule has 0 spiro atoms. The first kappa shape index (κ1) is 15.9. The summed E-state index contributed by atoms with van der Waals surface area (Å²) in [5.41, 5.74) is 0. The highest BCUT2D eigenvalue weighted by Crippen LogP contribution is 2.18. The van der Waals surface area contributed by atoms with E-state index in [0.29, 0.717) is 25.0 Å². The van der Waals surface area contributed by atoms with Crippen molar-refractivity contribution in [3.05, 3.63) is 5.82 Å². The predicted molar refractivity (Wildman–Crippen MR) is 83.2 cm³/mol. The first-order valence-electron chi connectivity index (χ1n) is 8.15. The highest BCUT2D eigenvalue weighted by atomic mass is 16.5. The van der Waals surface area contributed by atoms with Crippen molar-refractivity contribution in [3.8, 4) is 6.01 Å². The summed E-state index contributed by atoms with van der Waals surface area (Å²) in [6.45, 7) is 3.48. The predicted octanol–water partition coefficient (Wildman–Crippen LogP) is 0.523. The molecule has 1 amide bonds. The molecule has 1 N–H and O–H groups in total. The van der Waals surface area contributed by atoms with Gasteiger partial charge < -0.3 is 19.7 Å². The van der Waals surface area contributed by atoms with Crippen molar-refractivity contribution in [2.75, 3.05) is 38.3 Å². The van der Waals surface area contributed by atoms with E-state index in [0.717, 1.165) is 38.8 Å². The van der Waals surface area contributed by atoms with Crippen molar-refractivity contribution in [1.29, 1.82) is 0 Å². The normalized spacial score (nSPS) is 18.9. The summed E-state index contributed by atoms with van der Waals surface area (Å²) in [5.74, 6) is 1.21. The Hall–Kier alpha value is -1.96. The van der Waals surface area contributed by atoms with Crippen molar-refractivity contribution in [1.82, 2.24) is 20.3 Å². The number of carbonyl (C=O) groups is 1. The van der Waals surface area contributed by atoms with Gasteiger partial charge >= 0.3 is 6.01 Å². The van der Waals surface area contributed by atoms with E-state index in [1.165, 1.54) is 7.11 Å². The third-order valence-electron chi connectivity index (χ3n) is 4.23. The maximum Gasteiger partial charge on any atom is 0.321 e. The van der Waals surface area contributed by atoms with E-state index in [-0.39, 0.29) is 24.4 Å². The monoisotopic (exact) mass is 321 g/mol. The van der Waals surface area contributed by atoms with Gasteiger partial charge in [0.15, 0.2) is 5.82 Å². The second-order valence-electron chi connectivity index (χ2n) is 5.84. The van der Waals surface area contributed by atoms with Crippen LogP contribution < -0.4 is 15.0 Å². The molecule has 1 aromatic rings. The molecule has 126 valence electrons. The van der Waals surface area contributed by atoms with Crippen LogP contribution in [0.15, 0.2) is 0 Å². The summed E-state index contributed by atoms with van der Waals surface area (Å²) < 4.78 is 10.4. The number of hydrogen-bond acceptors (Lipinski definition) is 7. The number of nitrogens with zero attached hydrogens (tertiary/aromatic N) is 4. The summed E-state index contributed by atoms with van der Waals surface area (Å²) >= 11 is 0. The van der Waals surface area contributed by atoms with Crippen molar-refractivity contribution >= 4 is 11.9 Å². The van der Waals surface area contributed by atoms with Gasteiger partial charge in [-0.15, -0.1) is 0 Å². The average Bonchev–Trinajstić information content (AvgIpc) is 3.15. The van der Waals surface area contributed by atoms with Crippen LogP contribution in [0.5, 0.6) is 6.01 Å². The van der Waals surface area contributed by atoms with Gasteiger partial charge in [0.2, 0.25) is 11.9 Å². The molecule has 0 radical (unpaired) electrons. The molecule has 1 aromatic heterocycles. The molecular formula is C15H23N5O3. The van der Waals surface area contributed by atoms with Crippen molar-refractivity contribution in [2.24, 2.45) is 5.92 Å². The van der Waals surface area contributed by atoms with Crippen LogP contribution in [0.2, 0.25) is 0 Å². The lowest BCUT2D eigenvalue weighted by Gasteiger charge is -2.21. The Morgan fingerprint density at radius 1 is 1.26 bits per heavy atom. The molecule has 2 aliphatic rings. The molecule has 3 heterocycles. The Bertz CT molecular complexity index is 542. The largest absolute Gasteiger partial charge is 0.467 e. The highest BCUT2D eigenvalue weighted by molar-refractivity contribution is 5.78. The van der Waals surface area contributed by atoms with Crippen LogP contribution in [0, 0.1) is 5.92 Å². The summed E-state index contributed by atoms with van der Waals surface area (Å²) in [6.07, 6.45) is 3.82. The average molecular weight is 321 g/mol. The number of amides is 1. The third-order valence-corrected chi connectivity index (χ3v) is 4.23. The molecule has 0 bridgehead atoms. The number of methoxy groups -OCH3 is 1. The number of anilines is 1. The second-order valence-corrected chi connectivity index (χ2v) is 5.84. The SMILES string of the molecule is COc1nc(CNC(=O)C2CCOCC2)nc(N2CCCC2)n1. The van der Waals surface area contributed by atoms with Crippen LogP contribution in [0.1, 0.15) is 31.5 Å². The van der Waals surface area contributed by atoms with Crippen molar-refractivity contribution < 1.29 is 14.3 Å². The minimum Gasteiger partial charge on any atom is -0.467 e. The van der Waals surface area contributed by atoms with Crippen LogP contribution in [0.4, 0.5) is 5.95 Å². The molecule has 0 aromatic carbocycles. The zero-order valence-corrected chi connectivity index (χ0v) is 13.5. The van der Waals surface area contributed by atoms with Gasteiger partial charge in [0.25, 0.3) is 0 Å². The molecule has 2 fully saturated rings. The molecule has 8 nitrogen and oxygen atoms in total. The minimum atomic E-state index is 0.0190. The quantitative estimate of drug-likeness (QED) is 0.845. The Labute approximate surface area is 135 Å². The lowest BCUT2D eigenvalue weighted by atomic mass is 9.99. The maximum atomic E-state index is 12.2. The minimum absolute atomic E-state index is 0.0190. The van der Waals surface area contributed by atoms with Crippen LogP contribution in [0.3, 0.4) is 0 Å². The van der Waals surface area contributed by atoms with Crippen molar-refractivity contribution in [2.45, 2.75) is 32.2 Å². The number of carbonyl (C=O) groups excluding carboxylic acids is 1. The molecule has 2 aliphatic heterocycles. The van der Waals surface area contributed by atoms with Gasteiger partial charge in [-0.3, -0.25) is 4.79 Å². The van der Waals surface area contributed by atoms with Crippen LogP contribution >= 0.6 is 0 Å². The number of ether oxygens (including phenoxy) is 2. The standard InChI is InChI=1S/C15H23N5O3/c1-22-15-18-12(17-14(19-15)20-6-2-3-7-20)10-16-13(21)11-4-8-23-9-5-11/h11H,2-10H2,1H3,(H,16,21). The lowest BCUT2D eigenvalue weighted by Crippen LogP contribution is -2.34. The molecule has 8 heteroatoms. The fourth-order valence-corrected chi connectivity index (χ4v) is 2.89. The fraction of sp³-hybridized carbons (Fsp3) is 0.733. The Kier molecular flexibility index (Phi) is 5.22. The number of rotatable bonds is 5. The van der Waals surface area contributed by atoms with E-state index in [9.17, 15) is 4.79 Å². The molecule has 0 unspecified atom stereocenters. The molecule has 23 heavy (non-hydrogen) atoms. The van der Waals surface area contributed by atoms with Gasteiger partial charge in [0, 0.05) is 32.2 Å². The van der Waals surface area contributed by atoms with Gasteiger partial charge in [0.1, 0.15) is 0 Å². The zero-order valence-electron chi connectivity index (χ0n) is 13.5. The van der Waals surface area contributed by atoms with Crippen molar-refractivity contribution in [3.63, 3.8) is 0 Å². The zero-order chi connectivity index (χ0) is 16.1. The smallest absolute Gasteiger partial charge is 0.321 e. The number of aromatic nitrogens is 3.